The Morgan fingerprint density at radius 2 is 2.08 bits per heavy atom. The number of aromatic nitrogens is 3. The van der Waals surface area contributed by atoms with E-state index >= 15 is 0 Å². The standard InChI is InChI=1S/C14H16F3N5O3/c1-25-10(23)8-20-13(24)19-6-3-7-22-11-9(4-2-5-18-11)21-12(22)14(15,16)17/h2,4-5H,3,6-8H2,1H3,(H2,19,20,24). The first-order valence-corrected chi connectivity index (χ1v) is 7.30. The number of carbonyl (C=O) groups is 2. The van der Waals surface area contributed by atoms with Crippen LogP contribution in [0.4, 0.5) is 18.0 Å². The van der Waals surface area contributed by atoms with Crippen molar-refractivity contribution in [2.75, 3.05) is 20.2 Å². The van der Waals surface area contributed by atoms with E-state index < -0.39 is 24.0 Å². The Bertz CT molecular complexity index is 760. The van der Waals surface area contributed by atoms with Gasteiger partial charge in [-0.1, -0.05) is 0 Å². The number of carbonyl (C=O) groups excluding carboxylic acids is 2. The number of fused-ring (bicyclic) bond motifs is 1. The number of imidazole rings is 1. The number of ether oxygens (including phenoxy) is 1. The summed E-state index contributed by atoms with van der Waals surface area (Å²) in [5.74, 6) is -1.64. The minimum atomic E-state index is -4.61. The maximum Gasteiger partial charge on any atom is 0.449 e. The van der Waals surface area contributed by atoms with Crippen LogP contribution in [0.3, 0.4) is 0 Å². The van der Waals surface area contributed by atoms with Crippen molar-refractivity contribution in [1.29, 1.82) is 0 Å². The second-order valence-electron chi connectivity index (χ2n) is 4.97. The number of pyridine rings is 1. The van der Waals surface area contributed by atoms with Crippen LogP contribution in [0, 0.1) is 0 Å². The van der Waals surface area contributed by atoms with Crippen LogP contribution in [0.15, 0.2) is 18.3 Å². The van der Waals surface area contributed by atoms with Crippen molar-refractivity contribution >= 4 is 23.2 Å². The van der Waals surface area contributed by atoms with Crippen LogP contribution in [0.5, 0.6) is 0 Å². The van der Waals surface area contributed by atoms with E-state index in [9.17, 15) is 22.8 Å². The van der Waals surface area contributed by atoms with Gasteiger partial charge in [0.15, 0.2) is 5.65 Å². The van der Waals surface area contributed by atoms with Crippen molar-refractivity contribution in [2.45, 2.75) is 19.1 Å². The number of nitrogens with zero attached hydrogens (tertiary/aromatic N) is 3. The largest absolute Gasteiger partial charge is 0.468 e. The van der Waals surface area contributed by atoms with Crippen molar-refractivity contribution in [1.82, 2.24) is 25.2 Å². The predicted octanol–water partition coefficient (Wildman–Crippen LogP) is 1.31. The van der Waals surface area contributed by atoms with Gasteiger partial charge >= 0.3 is 18.2 Å². The van der Waals surface area contributed by atoms with E-state index in [1.165, 1.54) is 25.4 Å². The lowest BCUT2D eigenvalue weighted by molar-refractivity contribution is -0.147. The van der Waals surface area contributed by atoms with Gasteiger partial charge in [-0.25, -0.2) is 14.8 Å². The lowest BCUT2D eigenvalue weighted by Gasteiger charge is -2.11. The lowest BCUT2D eigenvalue weighted by Crippen LogP contribution is -2.39. The normalized spacial score (nSPS) is 11.4. The number of amides is 2. The van der Waals surface area contributed by atoms with Gasteiger partial charge in [0.25, 0.3) is 0 Å². The summed E-state index contributed by atoms with van der Waals surface area (Å²) in [6.45, 7) is -0.215. The number of methoxy groups -OCH3 is 1. The molecule has 0 fully saturated rings. The molecule has 2 amide bonds. The Morgan fingerprint density at radius 3 is 2.76 bits per heavy atom. The number of nitrogens with one attached hydrogen (secondary N) is 2. The fourth-order valence-electron chi connectivity index (χ4n) is 2.11. The smallest absolute Gasteiger partial charge is 0.449 e. The molecule has 0 aliphatic carbocycles. The Hall–Kier alpha value is -2.85. The molecule has 25 heavy (non-hydrogen) atoms. The van der Waals surface area contributed by atoms with Gasteiger partial charge in [0, 0.05) is 19.3 Å². The van der Waals surface area contributed by atoms with Crippen LogP contribution in [-0.4, -0.2) is 46.7 Å². The first kappa shape index (κ1) is 18.5. The third-order valence-corrected chi connectivity index (χ3v) is 3.22. The summed E-state index contributed by atoms with van der Waals surface area (Å²) in [6.07, 6.45) is -3.00. The number of halogens is 3. The van der Waals surface area contributed by atoms with Crippen LogP contribution < -0.4 is 10.6 Å². The summed E-state index contributed by atoms with van der Waals surface area (Å²) >= 11 is 0. The monoisotopic (exact) mass is 359 g/mol. The van der Waals surface area contributed by atoms with E-state index in [0.717, 1.165) is 4.57 Å². The van der Waals surface area contributed by atoms with E-state index in [2.05, 4.69) is 25.3 Å². The van der Waals surface area contributed by atoms with Gasteiger partial charge in [0.1, 0.15) is 12.1 Å². The fraction of sp³-hybridized carbons (Fsp3) is 0.429. The first-order chi connectivity index (χ1) is 11.8. The molecule has 0 spiro atoms. The van der Waals surface area contributed by atoms with Crippen molar-refractivity contribution in [3.8, 4) is 0 Å². The Morgan fingerprint density at radius 1 is 1.32 bits per heavy atom. The molecule has 0 atom stereocenters. The minimum Gasteiger partial charge on any atom is -0.468 e. The van der Waals surface area contributed by atoms with Crippen molar-refractivity contribution in [3.63, 3.8) is 0 Å². The molecule has 2 heterocycles. The maximum atomic E-state index is 13.1. The summed E-state index contributed by atoms with van der Waals surface area (Å²) in [7, 11) is 1.18. The first-order valence-electron chi connectivity index (χ1n) is 7.30. The van der Waals surface area contributed by atoms with E-state index in [-0.39, 0.29) is 37.2 Å². The predicted molar refractivity (Wildman–Crippen MR) is 80.6 cm³/mol. The van der Waals surface area contributed by atoms with Gasteiger partial charge in [-0.3, -0.25) is 4.79 Å². The average molecular weight is 359 g/mol. The second kappa shape index (κ2) is 7.81. The number of hydrogen-bond donors (Lipinski definition) is 2. The highest BCUT2D eigenvalue weighted by molar-refractivity contribution is 5.80. The van der Waals surface area contributed by atoms with Gasteiger partial charge in [-0.15, -0.1) is 0 Å². The summed E-state index contributed by atoms with van der Waals surface area (Å²) in [4.78, 5) is 29.8. The van der Waals surface area contributed by atoms with Crippen LogP contribution in [0.25, 0.3) is 11.2 Å². The topological polar surface area (TPSA) is 98.1 Å². The molecule has 2 aromatic heterocycles. The van der Waals surface area contributed by atoms with Crippen molar-refractivity contribution in [3.05, 3.63) is 24.2 Å². The van der Waals surface area contributed by atoms with Crippen molar-refractivity contribution < 1.29 is 27.5 Å². The summed E-state index contributed by atoms with van der Waals surface area (Å²) in [5, 5.41) is 4.69. The number of esters is 1. The van der Waals surface area contributed by atoms with Gasteiger partial charge in [0.2, 0.25) is 5.82 Å². The van der Waals surface area contributed by atoms with Crippen LogP contribution in [0.2, 0.25) is 0 Å². The van der Waals surface area contributed by atoms with Gasteiger partial charge in [0.05, 0.1) is 7.11 Å². The van der Waals surface area contributed by atoms with Crippen LogP contribution in [0.1, 0.15) is 12.2 Å². The average Bonchev–Trinajstić information content (AvgIpc) is 2.95. The Balaban J connectivity index is 1.94. The molecule has 0 aromatic carbocycles. The summed E-state index contributed by atoms with van der Waals surface area (Å²) < 4.78 is 44.6. The summed E-state index contributed by atoms with van der Waals surface area (Å²) in [5.41, 5.74) is 0.281. The Labute approximate surface area is 140 Å². The fourth-order valence-corrected chi connectivity index (χ4v) is 2.11. The molecule has 11 heteroatoms. The van der Waals surface area contributed by atoms with E-state index in [0.29, 0.717) is 0 Å². The zero-order valence-electron chi connectivity index (χ0n) is 13.3. The third kappa shape index (κ3) is 4.81. The van der Waals surface area contributed by atoms with E-state index in [1.54, 1.807) is 0 Å². The lowest BCUT2D eigenvalue weighted by atomic mass is 10.4. The zero-order valence-corrected chi connectivity index (χ0v) is 13.3. The summed E-state index contributed by atoms with van der Waals surface area (Å²) in [6, 6.07) is 2.34. The SMILES string of the molecule is COC(=O)CNC(=O)NCCCn1c(C(F)(F)F)nc2cccnc21. The molecule has 0 radical (unpaired) electrons. The van der Waals surface area contributed by atoms with Gasteiger partial charge < -0.3 is 19.9 Å². The maximum absolute atomic E-state index is 13.1. The molecule has 0 bridgehead atoms. The number of rotatable bonds is 6. The number of hydrogen-bond acceptors (Lipinski definition) is 5. The van der Waals surface area contributed by atoms with E-state index in [1.807, 2.05) is 0 Å². The zero-order chi connectivity index (χ0) is 18.4. The molecule has 8 nitrogen and oxygen atoms in total. The highest BCUT2D eigenvalue weighted by Gasteiger charge is 2.37. The highest BCUT2D eigenvalue weighted by Crippen LogP contribution is 2.30. The molecule has 0 unspecified atom stereocenters. The molecular formula is C14H16F3N5O3. The third-order valence-electron chi connectivity index (χ3n) is 3.22. The van der Waals surface area contributed by atoms with Gasteiger partial charge in [-0.2, -0.15) is 13.2 Å². The molecule has 136 valence electrons. The molecular weight excluding hydrogens is 343 g/mol. The molecule has 2 N–H and O–H groups in total. The van der Waals surface area contributed by atoms with Gasteiger partial charge in [-0.05, 0) is 18.6 Å². The molecule has 0 saturated heterocycles. The minimum absolute atomic E-state index is 0.0281. The molecule has 0 aliphatic heterocycles. The molecule has 2 aromatic rings. The molecule has 0 saturated carbocycles. The number of urea groups is 1. The van der Waals surface area contributed by atoms with Crippen LogP contribution in [-0.2, 0) is 22.3 Å². The van der Waals surface area contributed by atoms with Crippen LogP contribution >= 0.6 is 0 Å². The molecule has 0 aliphatic rings. The molecule has 2 rings (SSSR count). The van der Waals surface area contributed by atoms with E-state index in [4.69, 9.17) is 0 Å². The number of aryl methyl sites for hydroxylation is 1. The highest BCUT2D eigenvalue weighted by atomic mass is 19.4. The quantitative estimate of drug-likeness (QED) is 0.599. The Kier molecular flexibility index (Phi) is 5.78. The number of alkyl halides is 3. The van der Waals surface area contributed by atoms with Crippen molar-refractivity contribution in [2.24, 2.45) is 0 Å². The second-order valence-corrected chi connectivity index (χ2v) is 4.97.